The molecule has 1 saturated heterocycles. The number of carbonyl (C=O) groups excluding carboxylic acids is 1. The molecule has 0 aromatic heterocycles. The number of nitrogens with zero attached hydrogens (tertiary/aromatic N) is 2. The minimum absolute atomic E-state index is 0. The number of halogens is 1. The Hall–Kier alpha value is -1.12. The molecule has 0 radical (unpaired) electrons. The van der Waals surface area contributed by atoms with Gasteiger partial charge in [0.25, 0.3) is 5.91 Å². The van der Waals surface area contributed by atoms with Gasteiger partial charge in [0.2, 0.25) is 0 Å². The van der Waals surface area contributed by atoms with Gasteiger partial charge in [0.15, 0.2) is 0 Å². The summed E-state index contributed by atoms with van der Waals surface area (Å²) < 4.78 is 0. The van der Waals surface area contributed by atoms with E-state index in [1.165, 1.54) is 12.1 Å². The summed E-state index contributed by atoms with van der Waals surface area (Å²) >= 11 is 0. The van der Waals surface area contributed by atoms with E-state index in [2.05, 4.69) is 17.4 Å². The fourth-order valence-corrected chi connectivity index (χ4v) is 1.93. The number of hydrogen-bond acceptors (Lipinski definition) is 5. The topological polar surface area (TPSA) is 76.0 Å². The van der Waals surface area contributed by atoms with Crippen molar-refractivity contribution in [2.75, 3.05) is 33.2 Å². The third-order valence-electron chi connectivity index (χ3n) is 3.23. The molecule has 0 bridgehead atoms. The summed E-state index contributed by atoms with van der Waals surface area (Å²) in [5.41, 5.74) is 3.72. The summed E-state index contributed by atoms with van der Waals surface area (Å²) in [5, 5.41) is 19.9. The van der Waals surface area contributed by atoms with E-state index < -0.39 is 7.12 Å². The van der Waals surface area contributed by atoms with Crippen LogP contribution >= 0.6 is 12.4 Å². The molecular formula is C12H19BClN3O3. The summed E-state index contributed by atoms with van der Waals surface area (Å²) in [6.07, 6.45) is 0. The maximum absolute atomic E-state index is 12.0. The van der Waals surface area contributed by atoms with Crippen molar-refractivity contribution >= 4 is 30.9 Å². The minimum Gasteiger partial charge on any atom is -0.423 e. The van der Waals surface area contributed by atoms with Crippen molar-refractivity contribution in [1.29, 1.82) is 0 Å². The Kier molecular flexibility index (Phi) is 6.44. The van der Waals surface area contributed by atoms with E-state index in [0.29, 0.717) is 11.0 Å². The average Bonchev–Trinajstić information content (AvgIpc) is 2.41. The average molecular weight is 300 g/mol. The molecule has 1 aromatic rings. The highest BCUT2D eigenvalue weighted by molar-refractivity contribution is 6.58. The lowest BCUT2D eigenvalue weighted by Gasteiger charge is -2.32. The van der Waals surface area contributed by atoms with Crippen molar-refractivity contribution in [3.63, 3.8) is 0 Å². The van der Waals surface area contributed by atoms with Gasteiger partial charge in [-0.25, -0.2) is 5.01 Å². The van der Waals surface area contributed by atoms with Gasteiger partial charge in [0, 0.05) is 31.7 Å². The van der Waals surface area contributed by atoms with E-state index >= 15 is 0 Å². The Bertz CT molecular complexity index is 436. The van der Waals surface area contributed by atoms with Gasteiger partial charge in [-0.3, -0.25) is 10.2 Å². The quantitative estimate of drug-likeness (QED) is 0.604. The van der Waals surface area contributed by atoms with E-state index in [-0.39, 0.29) is 18.3 Å². The number of benzene rings is 1. The van der Waals surface area contributed by atoms with Gasteiger partial charge < -0.3 is 14.9 Å². The fraction of sp³-hybridized carbons (Fsp3) is 0.417. The first kappa shape index (κ1) is 16.9. The Morgan fingerprint density at radius 1 is 1.15 bits per heavy atom. The summed E-state index contributed by atoms with van der Waals surface area (Å²) in [6, 6.07) is 6.23. The van der Waals surface area contributed by atoms with Crippen LogP contribution in [0.4, 0.5) is 0 Å². The van der Waals surface area contributed by atoms with Crippen LogP contribution in [0.2, 0.25) is 0 Å². The van der Waals surface area contributed by atoms with Gasteiger partial charge in [0.1, 0.15) is 0 Å². The molecule has 20 heavy (non-hydrogen) atoms. The molecule has 1 aromatic carbocycles. The second kappa shape index (κ2) is 7.61. The number of amides is 1. The lowest BCUT2D eigenvalue weighted by atomic mass is 9.80. The number of likely N-dealkylation sites (N-methyl/N-ethyl adjacent to an activating group) is 1. The lowest BCUT2D eigenvalue weighted by Crippen LogP contribution is -2.52. The van der Waals surface area contributed by atoms with Crippen LogP contribution in [0.15, 0.2) is 24.3 Å². The second-order valence-electron chi connectivity index (χ2n) is 4.73. The van der Waals surface area contributed by atoms with Crippen LogP contribution in [0, 0.1) is 0 Å². The Labute approximate surface area is 124 Å². The zero-order valence-corrected chi connectivity index (χ0v) is 12.1. The molecule has 1 heterocycles. The molecule has 1 aliphatic heterocycles. The SMILES string of the molecule is CN1CCN(NC(=O)c2ccc(B(O)O)cc2)CC1.Cl. The molecule has 6 nitrogen and oxygen atoms in total. The Morgan fingerprint density at radius 2 is 1.70 bits per heavy atom. The molecule has 8 heteroatoms. The molecule has 0 aliphatic carbocycles. The van der Waals surface area contributed by atoms with Gasteiger partial charge in [-0.15, -0.1) is 12.4 Å². The minimum atomic E-state index is -1.50. The molecule has 3 N–H and O–H groups in total. The van der Waals surface area contributed by atoms with E-state index in [1.807, 2.05) is 5.01 Å². The van der Waals surface area contributed by atoms with Crippen LogP contribution in [-0.4, -0.2) is 66.2 Å². The van der Waals surface area contributed by atoms with Crippen LogP contribution in [0.25, 0.3) is 0 Å². The molecule has 1 fully saturated rings. The van der Waals surface area contributed by atoms with Gasteiger partial charge in [-0.2, -0.15) is 0 Å². The van der Waals surface area contributed by atoms with E-state index in [4.69, 9.17) is 10.0 Å². The maximum atomic E-state index is 12.0. The molecule has 0 unspecified atom stereocenters. The van der Waals surface area contributed by atoms with Gasteiger partial charge in [-0.1, -0.05) is 12.1 Å². The molecule has 110 valence electrons. The molecule has 0 atom stereocenters. The first-order valence-electron chi connectivity index (χ1n) is 6.27. The predicted molar refractivity (Wildman–Crippen MR) is 80.1 cm³/mol. The van der Waals surface area contributed by atoms with Crippen molar-refractivity contribution in [3.05, 3.63) is 29.8 Å². The van der Waals surface area contributed by atoms with Gasteiger partial charge >= 0.3 is 7.12 Å². The first-order chi connectivity index (χ1) is 9.06. The summed E-state index contributed by atoms with van der Waals surface area (Å²) in [7, 11) is 0.549. The highest BCUT2D eigenvalue weighted by Gasteiger charge is 2.17. The number of hydrogen-bond donors (Lipinski definition) is 3. The van der Waals surface area contributed by atoms with E-state index in [9.17, 15) is 4.79 Å². The Morgan fingerprint density at radius 3 is 2.20 bits per heavy atom. The smallest absolute Gasteiger partial charge is 0.423 e. The summed E-state index contributed by atoms with van der Waals surface area (Å²) in [5.74, 6) is -0.177. The van der Waals surface area contributed by atoms with Gasteiger partial charge in [-0.05, 0) is 24.6 Å². The number of hydrazine groups is 1. The normalized spacial score (nSPS) is 16.4. The van der Waals surface area contributed by atoms with Crippen molar-refractivity contribution in [3.8, 4) is 0 Å². The summed E-state index contributed by atoms with van der Waals surface area (Å²) in [6.45, 7) is 3.46. The van der Waals surface area contributed by atoms with Crippen LogP contribution in [-0.2, 0) is 0 Å². The Balaban J connectivity index is 0.00000200. The van der Waals surface area contributed by atoms with Crippen LogP contribution in [0.3, 0.4) is 0 Å². The molecule has 1 aliphatic rings. The molecule has 1 amide bonds. The van der Waals surface area contributed by atoms with Crippen molar-refractivity contribution < 1.29 is 14.8 Å². The molecule has 0 spiro atoms. The maximum Gasteiger partial charge on any atom is 0.488 e. The number of carbonyl (C=O) groups is 1. The number of rotatable bonds is 3. The molecule has 0 saturated carbocycles. The van der Waals surface area contributed by atoms with Crippen LogP contribution in [0.1, 0.15) is 10.4 Å². The van der Waals surface area contributed by atoms with Gasteiger partial charge in [0.05, 0.1) is 0 Å². The standard InChI is InChI=1S/C12H18BN3O3.ClH/c1-15-6-8-16(9-7-15)14-12(17)10-2-4-11(5-3-10)13(18)19;/h2-5,18-19H,6-9H2,1H3,(H,14,17);1H. The van der Waals surface area contributed by atoms with Crippen molar-refractivity contribution in [2.45, 2.75) is 0 Å². The largest absolute Gasteiger partial charge is 0.488 e. The monoisotopic (exact) mass is 299 g/mol. The predicted octanol–water partition coefficient (Wildman–Crippen LogP) is -1.32. The van der Waals surface area contributed by atoms with Crippen LogP contribution < -0.4 is 10.9 Å². The zero-order valence-electron chi connectivity index (χ0n) is 11.3. The van der Waals surface area contributed by atoms with Crippen molar-refractivity contribution in [1.82, 2.24) is 15.3 Å². The second-order valence-corrected chi connectivity index (χ2v) is 4.73. The summed E-state index contributed by atoms with van der Waals surface area (Å²) in [4.78, 5) is 14.2. The zero-order chi connectivity index (χ0) is 13.8. The van der Waals surface area contributed by atoms with E-state index in [1.54, 1.807) is 12.1 Å². The van der Waals surface area contributed by atoms with Crippen molar-refractivity contribution in [2.24, 2.45) is 0 Å². The first-order valence-corrected chi connectivity index (χ1v) is 6.27. The highest BCUT2D eigenvalue weighted by atomic mass is 35.5. The highest BCUT2D eigenvalue weighted by Crippen LogP contribution is 2.00. The van der Waals surface area contributed by atoms with Crippen LogP contribution in [0.5, 0.6) is 0 Å². The fourth-order valence-electron chi connectivity index (χ4n) is 1.93. The third-order valence-corrected chi connectivity index (χ3v) is 3.23. The lowest BCUT2D eigenvalue weighted by molar-refractivity contribution is 0.0662. The third kappa shape index (κ3) is 4.47. The molecular weight excluding hydrogens is 280 g/mol. The number of piperazine rings is 1. The number of nitrogens with one attached hydrogen (secondary N) is 1. The van der Waals surface area contributed by atoms with E-state index in [0.717, 1.165) is 26.2 Å². The molecule has 2 rings (SSSR count).